The van der Waals surface area contributed by atoms with E-state index in [1.165, 1.54) is 57.3 Å². The maximum atomic E-state index is 3.66. The van der Waals surface area contributed by atoms with Crippen molar-refractivity contribution in [3.8, 4) is 0 Å². The van der Waals surface area contributed by atoms with Crippen LogP contribution in [-0.2, 0) is 6.42 Å². The van der Waals surface area contributed by atoms with Crippen LogP contribution < -0.4 is 5.32 Å². The van der Waals surface area contributed by atoms with Crippen molar-refractivity contribution in [2.24, 2.45) is 11.3 Å². The number of likely N-dealkylation sites (tertiary alicyclic amines) is 1. The zero-order valence-electron chi connectivity index (χ0n) is 13.2. The van der Waals surface area contributed by atoms with E-state index in [0.717, 1.165) is 18.0 Å². The molecule has 1 aromatic carbocycles. The standard InChI is InChI=1S/C19H28N2/c1-15-12-19(14-21(15)18-7-8-18)9-10-20-13-17(19)11-16-5-3-2-4-6-16/h2-6,15,17-18,20H,7-14H2,1H3. The molecule has 2 saturated heterocycles. The van der Waals surface area contributed by atoms with Crippen LogP contribution in [0.25, 0.3) is 0 Å². The van der Waals surface area contributed by atoms with Crippen molar-refractivity contribution in [1.29, 1.82) is 0 Å². The fraction of sp³-hybridized carbons (Fsp3) is 0.684. The minimum atomic E-state index is 0.573. The molecule has 1 spiro atoms. The van der Waals surface area contributed by atoms with Crippen LogP contribution in [0.4, 0.5) is 0 Å². The van der Waals surface area contributed by atoms with E-state index in [1.807, 2.05) is 0 Å². The second-order valence-corrected chi connectivity index (χ2v) is 7.66. The number of nitrogens with zero attached hydrogens (tertiary/aromatic N) is 1. The zero-order chi connectivity index (χ0) is 14.3. The monoisotopic (exact) mass is 284 g/mol. The summed E-state index contributed by atoms with van der Waals surface area (Å²) in [6.45, 7) is 6.25. The predicted octanol–water partition coefficient (Wildman–Crippen LogP) is 3.08. The first-order valence-corrected chi connectivity index (χ1v) is 8.77. The highest BCUT2D eigenvalue weighted by Crippen LogP contribution is 2.49. The van der Waals surface area contributed by atoms with E-state index in [4.69, 9.17) is 0 Å². The maximum absolute atomic E-state index is 3.66. The molecule has 114 valence electrons. The Morgan fingerprint density at radius 1 is 1.24 bits per heavy atom. The molecular weight excluding hydrogens is 256 g/mol. The van der Waals surface area contributed by atoms with Gasteiger partial charge in [-0.15, -0.1) is 0 Å². The Kier molecular flexibility index (Phi) is 3.55. The van der Waals surface area contributed by atoms with Gasteiger partial charge in [-0.1, -0.05) is 30.3 Å². The summed E-state index contributed by atoms with van der Waals surface area (Å²) in [4.78, 5) is 2.84. The largest absolute Gasteiger partial charge is 0.316 e. The van der Waals surface area contributed by atoms with Crippen LogP contribution in [0.5, 0.6) is 0 Å². The lowest BCUT2D eigenvalue weighted by atomic mass is 9.67. The molecule has 3 fully saturated rings. The van der Waals surface area contributed by atoms with Crippen LogP contribution in [0, 0.1) is 11.3 Å². The number of piperidine rings is 1. The molecule has 2 heterocycles. The molecule has 0 bridgehead atoms. The van der Waals surface area contributed by atoms with E-state index in [1.54, 1.807) is 0 Å². The second kappa shape index (κ2) is 5.40. The zero-order valence-corrected chi connectivity index (χ0v) is 13.2. The molecule has 3 unspecified atom stereocenters. The Balaban J connectivity index is 1.54. The van der Waals surface area contributed by atoms with Gasteiger partial charge < -0.3 is 5.32 Å². The molecule has 0 aromatic heterocycles. The third-order valence-corrected chi connectivity index (χ3v) is 6.16. The summed E-state index contributed by atoms with van der Waals surface area (Å²) in [5, 5.41) is 3.66. The molecule has 1 N–H and O–H groups in total. The summed E-state index contributed by atoms with van der Waals surface area (Å²) in [5.74, 6) is 0.805. The van der Waals surface area contributed by atoms with Crippen molar-refractivity contribution in [1.82, 2.24) is 10.2 Å². The van der Waals surface area contributed by atoms with Gasteiger partial charge in [-0.3, -0.25) is 4.90 Å². The number of nitrogens with one attached hydrogen (secondary N) is 1. The summed E-state index contributed by atoms with van der Waals surface area (Å²) in [5.41, 5.74) is 2.09. The lowest BCUT2D eigenvalue weighted by Gasteiger charge is -2.42. The number of hydrogen-bond acceptors (Lipinski definition) is 2. The summed E-state index contributed by atoms with van der Waals surface area (Å²) in [6, 6.07) is 12.8. The Labute approximate surface area is 128 Å². The van der Waals surface area contributed by atoms with E-state index in [2.05, 4.69) is 47.5 Å². The van der Waals surface area contributed by atoms with Crippen molar-refractivity contribution >= 4 is 0 Å². The van der Waals surface area contributed by atoms with Crippen LogP contribution in [-0.4, -0.2) is 36.6 Å². The number of benzene rings is 1. The minimum absolute atomic E-state index is 0.573. The molecule has 0 amide bonds. The molecule has 1 aliphatic carbocycles. The first-order valence-electron chi connectivity index (χ1n) is 8.77. The lowest BCUT2D eigenvalue weighted by Crippen LogP contribution is -2.47. The molecule has 2 aliphatic heterocycles. The van der Waals surface area contributed by atoms with Crippen molar-refractivity contribution in [3.05, 3.63) is 35.9 Å². The highest BCUT2D eigenvalue weighted by atomic mass is 15.2. The van der Waals surface area contributed by atoms with Crippen LogP contribution in [0.1, 0.15) is 38.2 Å². The lowest BCUT2D eigenvalue weighted by molar-refractivity contribution is 0.111. The predicted molar refractivity (Wildman–Crippen MR) is 87.4 cm³/mol. The number of hydrogen-bond donors (Lipinski definition) is 1. The molecule has 1 aromatic rings. The van der Waals surface area contributed by atoms with E-state index >= 15 is 0 Å². The van der Waals surface area contributed by atoms with Gasteiger partial charge in [-0.2, -0.15) is 0 Å². The highest BCUT2D eigenvalue weighted by Gasteiger charge is 2.51. The van der Waals surface area contributed by atoms with Crippen molar-refractivity contribution in [2.45, 2.75) is 51.1 Å². The summed E-state index contributed by atoms with van der Waals surface area (Å²) in [7, 11) is 0. The van der Waals surface area contributed by atoms with Crippen LogP contribution in [0.3, 0.4) is 0 Å². The quantitative estimate of drug-likeness (QED) is 0.917. The first-order chi connectivity index (χ1) is 10.3. The molecule has 1 saturated carbocycles. The smallest absolute Gasteiger partial charge is 0.00994 e. The summed E-state index contributed by atoms with van der Waals surface area (Å²) in [6.07, 6.45) is 6.93. The first kappa shape index (κ1) is 13.8. The molecule has 2 heteroatoms. The summed E-state index contributed by atoms with van der Waals surface area (Å²) >= 11 is 0. The molecule has 0 radical (unpaired) electrons. The summed E-state index contributed by atoms with van der Waals surface area (Å²) < 4.78 is 0. The van der Waals surface area contributed by atoms with Crippen LogP contribution in [0.15, 0.2) is 30.3 Å². The van der Waals surface area contributed by atoms with Gasteiger partial charge in [0.1, 0.15) is 0 Å². The number of rotatable bonds is 3. The maximum Gasteiger partial charge on any atom is 0.00994 e. The normalized spacial score (nSPS) is 37.2. The SMILES string of the molecule is CC1CC2(CCNCC2Cc2ccccc2)CN1C1CC1. The van der Waals surface area contributed by atoms with E-state index < -0.39 is 0 Å². The van der Waals surface area contributed by atoms with Gasteiger partial charge in [0.2, 0.25) is 0 Å². The molecule has 2 nitrogen and oxygen atoms in total. The highest BCUT2D eigenvalue weighted by molar-refractivity contribution is 5.17. The van der Waals surface area contributed by atoms with Gasteiger partial charge in [-0.25, -0.2) is 0 Å². The Morgan fingerprint density at radius 2 is 2.05 bits per heavy atom. The Morgan fingerprint density at radius 3 is 2.81 bits per heavy atom. The van der Waals surface area contributed by atoms with Gasteiger partial charge in [0.15, 0.2) is 0 Å². The molecule has 3 aliphatic rings. The van der Waals surface area contributed by atoms with Crippen LogP contribution >= 0.6 is 0 Å². The third kappa shape index (κ3) is 2.64. The third-order valence-electron chi connectivity index (χ3n) is 6.16. The van der Waals surface area contributed by atoms with Gasteiger partial charge in [0.05, 0.1) is 0 Å². The second-order valence-electron chi connectivity index (χ2n) is 7.66. The van der Waals surface area contributed by atoms with Crippen molar-refractivity contribution in [3.63, 3.8) is 0 Å². The fourth-order valence-corrected chi connectivity index (χ4v) is 4.88. The average molecular weight is 284 g/mol. The topological polar surface area (TPSA) is 15.3 Å². The van der Waals surface area contributed by atoms with Gasteiger partial charge in [0, 0.05) is 18.6 Å². The minimum Gasteiger partial charge on any atom is -0.316 e. The van der Waals surface area contributed by atoms with E-state index in [9.17, 15) is 0 Å². The molecule has 4 rings (SSSR count). The Bertz CT molecular complexity index is 482. The van der Waals surface area contributed by atoms with Crippen molar-refractivity contribution in [2.75, 3.05) is 19.6 Å². The van der Waals surface area contributed by atoms with Gasteiger partial charge in [0.25, 0.3) is 0 Å². The van der Waals surface area contributed by atoms with Crippen molar-refractivity contribution < 1.29 is 0 Å². The van der Waals surface area contributed by atoms with Gasteiger partial charge in [-0.05, 0) is 69.0 Å². The van der Waals surface area contributed by atoms with Gasteiger partial charge >= 0.3 is 0 Å². The Hall–Kier alpha value is -0.860. The van der Waals surface area contributed by atoms with E-state index in [-0.39, 0.29) is 0 Å². The van der Waals surface area contributed by atoms with Crippen LogP contribution in [0.2, 0.25) is 0 Å². The fourth-order valence-electron chi connectivity index (χ4n) is 4.88. The molecular formula is C19H28N2. The average Bonchev–Trinajstić information content (AvgIpc) is 3.28. The molecule has 3 atom stereocenters. The van der Waals surface area contributed by atoms with E-state index in [0.29, 0.717) is 5.41 Å². The molecule has 21 heavy (non-hydrogen) atoms.